The Morgan fingerprint density at radius 1 is 0.846 bits per heavy atom. The molecular weight excluding hydrogens is 340 g/mol. The van der Waals surface area contributed by atoms with Crippen LogP contribution in [0.3, 0.4) is 0 Å². The van der Waals surface area contributed by atoms with Crippen molar-refractivity contribution in [1.29, 1.82) is 0 Å². The van der Waals surface area contributed by atoms with E-state index in [1.807, 2.05) is 6.07 Å². The second kappa shape index (κ2) is 6.44. The quantitative estimate of drug-likeness (QED) is 0.309. The fraction of sp³-hybridized carbons (Fsp3) is 0.261. The highest BCUT2D eigenvalue weighted by Gasteiger charge is 2.16. The maximum atomic E-state index is 6.25. The summed E-state index contributed by atoms with van der Waals surface area (Å²) >= 11 is 6.25. The molecule has 0 atom stereocenters. The van der Waals surface area contributed by atoms with Crippen LogP contribution in [0.25, 0.3) is 32.4 Å². The number of nitrogens with one attached hydrogen (secondary N) is 1. The molecule has 0 amide bonds. The zero-order chi connectivity index (χ0) is 17.5. The standard InChI is InChI=1S/C23H21ClN2/c24-17-12-21-19-10-15-6-4-5-7-16(15)11-20(19)23(13-22(21)25-14-17)26-18-8-2-1-3-9-18/h4-7,10-14,18,26H,1-3,8-9H2. The molecule has 1 N–H and O–H groups in total. The van der Waals surface area contributed by atoms with Crippen molar-refractivity contribution >= 4 is 49.7 Å². The highest BCUT2D eigenvalue weighted by molar-refractivity contribution is 6.31. The van der Waals surface area contributed by atoms with Gasteiger partial charge >= 0.3 is 0 Å². The molecular formula is C23H21ClN2. The molecule has 1 aliphatic rings. The van der Waals surface area contributed by atoms with E-state index in [-0.39, 0.29) is 0 Å². The molecule has 3 aromatic carbocycles. The van der Waals surface area contributed by atoms with Gasteiger partial charge in [-0.15, -0.1) is 0 Å². The van der Waals surface area contributed by atoms with Gasteiger partial charge in [0.1, 0.15) is 0 Å². The summed E-state index contributed by atoms with van der Waals surface area (Å²) in [6.07, 6.45) is 8.24. The van der Waals surface area contributed by atoms with E-state index in [4.69, 9.17) is 11.6 Å². The van der Waals surface area contributed by atoms with E-state index < -0.39 is 0 Å². The molecule has 26 heavy (non-hydrogen) atoms. The number of aromatic nitrogens is 1. The van der Waals surface area contributed by atoms with Crippen LogP contribution in [0, 0.1) is 0 Å². The van der Waals surface area contributed by atoms with Gasteiger partial charge in [-0.25, -0.2) is 0 Å². The molecule has 130 valence electrons. The van der Waals surface area contributed by atoms with E-state index in [0.29, 0.717) is 11.1 Å². The van der Waals surface area contributed by atoms with Gasteiger partial charge in [-0.2, -0.15) is 0 Å². The van der Waals surface area contributed by atoms with Crippen LogP contribution in [0.15, 0.2) is 54.7 Å². The van der Waals surface area contributed by atoms with E-state index in [1.165, 1.54) is 59.3 Å². The number of hydrogen-bond donors (Lipinski definition) is 1. The van der Waals surface area contributed by atoms with Crippen molar-refractivity contribution in [3.63, 3.8) is 0 Å². The molecule has 5 rings (SSSR count). The molecule has 0 radical (unpaired) electrons. The van der Waals surface area contributed by atoms with E-state index in [0.717, 1.165) is 10.9 Å². The highest BCUT2D eigenvalue weighted by atomic mass is 35.5. The third-order valence-corrected chi connectivity index (χ3v) is 5.80. The third-order valence-electron chi connectivity index (χ3n) is 5.60. The lowest BCUT2D eigenvalue weighted by Gasteiger charge is -2.25. The van der Waals surface area contributed by atoms with Crippen molar-refractivity contribution in [2.45, 2.75) is 38.1 Å². The number of hydrogen-bond acceptors (Lipinski definition) is 2. The number of nitrogens with zero attached hydrogens (tertiary/aromatic N) is 1. The Hall–Kier alpha value is -2.32. The maximum Gasteiger partial charge on any atom is 0.0730 e. The lowest BCUT2D eigenvalue weighted by molar-refractivity contribution is 0.463. The molecule has 2 nitrogen and oxygen atoms in total. The van der Waals surface area contributed by atoms with Gasteiger partial charge in [0, 0.05) is 28.7 Å². The van der Waals surface area contributed by atoms with Gasteiger partial charge in [-0.1, -0.05) is 55.1 Å². The first kappa shape index (κ1) is 15.9. The van der Waals surface area contributed by atoms with Crippen molar-refractivity contribution in [3.05, 3.63) is 59.8 Å². The third kappa shape index (κ3) is 2.79. The van der Waals surface area contributed by atoms with Gasteiger partial charge in [-0.05, 0) is 53.3 Å². The van der Waals surface area contributed by atoms with Crippen molar-refractivity contribution < 1.29 is 0 Å². The summed E-state index contributed by atoms with van der Waals surface area (Å²) in [4.78, 5) is 4.59. The van der Waals surface area contributed by atoms with Crippen LogP contribution in [-0.2, 0) is 0 Å². The molecule has 1 fully saturated rings. The highest BCUT2D eigenvalue weighted by Crippen LogP contribution is 2.36. The number of rotatable bonds is 2. The summed E-state index contributed by atoms with van der Waals surface area (Å²) in [6, 6.07) is 17.9. The van der Waals surface area contributed by atoms with Crippen molar-refractivity contribution in [2.75, 3.05) is 5.32 Å². The Labute approximate surface area is 158 Å². The predicted molar refractivity (Wildman–Crippen MR) is 112 cm³/mol. The van der Waals surface area contributed by atoms with Crippen LogP contribution in [-0.4, -0.2) is 11.0 Å². The lowest BCUT2D eigenvalue weighted by Crippen LogP contribution is -2.22. The van der Waals surface area contributed by atoms with Crippen molar-refractivity contribution in [1.82, 2.24) is 4.98 Å². The van der Waals surface area contributed by atoms with Gasteiger partial charge in [-0.3, -0.25) is 4.98 Å². The zero-order valence-corrected chi connectivity index (χ0v) is 15.4. The minimum Gasteiger partial charge on any atom is -0.382 e. The van der Waals surface area contributed by atoms with E-state index in [1.54, 1.807) is 6.20 Å². The van der Waals surface area contributed by atoms with Gasteiger partial charge in [0.2, 0.25) is 0 Å². The van der Waals surface area contributed by atoms with Gasteiger partial charge in [0.15, 0.2) is 0 Å². The summed E-state index contributed by atoms with van der Waals surface area (Å²) in [6.45, 7) is 0. The molecule has 0 spiro atoms. The monoisotopic (exact) mass is 360 g/mol. The second-order valence-corrected chi connectivity index (χ2v) is 7.80. The molecule has 1 saturated carbocycles. The van der Waals surface area contributed by atoms with E-state index >= 15 is 0 Å². The summed E-state index contributed by atoms with van der Waals surface area (Å²) in [7, 11) is 0. The van der Waals surface area contributed by atoms with E-state index in [2.05, 4.69) is 52.8 Å². The molecule has 1 aliphatic carbocycles. The van der Waals surface area contributed by atoms with Gasteiger partial charge in [0.05, 0.1) is 10.5 Å². The summed E-state index contributed by atoms with van der Waals surface area (Å²) in [5.74, 6) is 0. The van der Waals surface area contributed by atoms with Crippen molar-refractivity contribution in [2.24, 2.45) is 0 Å². The molecule has 3 heteroatoms. The molecule has 4 aromatic rings. The largest absolute Gasteiger partial charge is 0.382 e. The fourth-order valence-electron chi connectivity index (χ4n) is 4.27. The van der Waals surface area contributed by atoms with Crippen LogP contribution in [0.2, 0.25) is 5.02 Å². The van der Waals surface area contributed by atoms with Crippen LogP contribution >= 0.6 is 11.6 Å². The van der Waals surface area contributed by atoms with Gasteiger partial charge < -0.3 is 5.32 Å². The van der Waals surface area contributed by atoms with Crippen LogP contribution in [0.4, 0.5) is 5.69 Å². The smallest absolute Gasteiger partial charge is 0.0730 e. The Morgan fingerprint density at radius 3 is 2.35 bits per heavy atom. The average Bonchev–Trinajstić information content (AvgIpc) is 2.68. The average molecular weight is 361 g/mol. The fourth-order valence-corrected chi connectivity index (χ4v) is 4.43. The number of pyridine rings is 1. The maximum absolute atomic E-state index is 6.25. The summed E-state index contributed by atoms with van der Waals surface area (Å²) in [5.41, 5.74) is 2.19. The minimum atomic E-state index is 0.558. The molecule has 1 heterocycles. The number of anilines is 1. The molecule has 1 aromatic heterocycles. The molecule has 0 unspecified atom stereocenters. The number of halogens is 1. The summed E-state index contributed by atoms with van der Waals surface area (Å²) < 4.78 is 0. The van der Waals surface area contributed by atoms with E-state index in [9.17, 15) is 0 Å². The van der Waals surface area contributed by atoms with Crippen LogP contribution in [0.1, 0.15) is 32.1 Å². The molecule has 0 bridgehead atoms. The Balaban J connectivity index is 1.78. The second-order valence-electron chi connectivity index (χ2n) is 7.37. The molecule has 0 aliphatic heterocycles. The Kier molecular flexibility index (Phi) is 3.94. The molecule has 0 saturated heterocycles. The predicted octanol–water partition coefficient (Wildman–Crippen LogP) is 6.94. The SMILES string of the molecule is Clc1cnc2cc(NC3CCCCC3)c3cc4ccccc4cc3c2c1. The van der Waals surface area contributed by atoms with Crippen molar-refractivity contribution in [3.8, 4) is 0 Å². The topological polar surface area (TPSA) is 24.9 Å². The van der Waals surface area contributed by atoms with Crippen LogP contribution in [0.5, 0.6) is 0 Å². The lowest BCUT2D eigenvalue weighted by atomic mass is 9.94. The number of benzene rings is 3. The number of fused-ring (bicyclic) bond motifs is 4. The first-order valence-electron chi connectivity index (χ1n) is 9.45. The Morgan fingerprint density at radius 2 is 1.58 bits per heavy atom. The van der Waals surface area contributed by atoms with Gasteiger partial charge in [0.25, 0.3) is 0 Å². The zero-order valence-electron chi connectivity index (χ0n) is 14.6. The Bertz CT molecular complexity index is 1110. The summed E-state index contributed by atoms with van der Waals surface area (Å²) in [5, 5.41) is 10.6. The normalized spacial score (nSPS) is 15.7. The van der Waals surface area contributed by atoms with Crippen LogP contribution < -0.4 is 5.32 Å². The first-order valence-corrected chi connectivity index (χ1v) is 9.83. The first-order chi connectivity index (χ1) is 12.8. The minimum absolute atomic E-state index is 0.558.